The van der Waals surface area contributed by atoms with E-state index in [1.807, 2.05) is 61.5 Å². The number of imide groups is 1. The Kier molecular flexibility index (Phi) is 5.33. The number of nitrogens with zero attached hydrogens (tertiary/aromatic N) is 2. The van der Waals surface area contributed by atoms with Crippen molar-refractivity contribution in [2.45, 2.75) is 19.1 Å². The summed E-state index contributed by atoms with van der Waals surface area (Å²) in [6.07, 6.45) is -0.932. The van der Waals surface area contributed by atoms with Gasteiger partial charge in [-0.25, -0.2) is 9.96 Å². The average Bonchev–Trinajstić information content (AvgIpc) is 3.32. The van der Waals surface area contributed by atoms with Crippen LogP contribution in [0.3, 0.4) is 0 Å². The van der Waals surface area contributed by atoms with Crippen molar-refractivity contribution in [3.05, 3.63) is 89.4 Å². The first-order valence-electron chi connectivity index (χ1n) is 10.5. The topological polar surface area (TPSA) is 59.1 Å². The van der Waals surface area contributed by atoms with Crippen LogP contribution in [0, 0.1) is 5.92 Å². The maximum Gasteiger partial charge on any atom is 0.266 e. The lowest BCUT2D eigenvalue weighted by Crippen LogP contribution is -2.37. The second-order valence-electron chi connectivity index (χ2n) is 7.62. The molecule has 3 atom stereocenters. The van der Waals surface area contributed by atoms with E-state index in [0.717, 1.165) is 11.3 Å². The van der Waals surface area contributed by atoms with Crippen molar-refractivity contribution in [1.29, 1.82) is 0 Å². The van der Waals surface area contributed by atoms with Gasteiger partial charge in [0.1, 0.15) is 11.7 Å². The van der Waals surface area contributed by atoms with Crippen LogP contribution in [0.1, 0.15) is 18.5 Å². The number of carbonyl (C=O) groups is 2. The summed E-state index contributed by atoms with van der Waals surface area (Å²) in [5, 5.41) is 2.20. The van der Waals surface area contributed by atoms with E-state index in [1.54, 1.807) is 29.3 Å². The lowest BCUT2D eigenvalue weighted by molar-refractivity contribution is -0.126. The summed E-state index contributed by atoms with van der Waals surface area (Å²) in [5.74, 6) is -0.757. The molecule has 0 aliphatic carbocycles. The molecule has 0 unspecified atom stereocenters. The molecular formula is C25H21ClN2O4. The number of hydrogen-bond acceptors (Lipinski definition) is 5. The second-order valence-corrected chi connectivity index (χ2v) is 8.05. The largest absolute Gasteiger partial charge is 0.494 e. The van der Waals surface area contributed by atoms with E-state index in [2.05, 4.69) is 0 Å². The molecule has 0 N–H and O–H groups in total. The Labute approximate surface area is 190 Å². The molecular weight excluding hydrogens is 428 g/mol. The number of anilines is 2. The molecule has 0 spiro atoms. The molecule has 0 radical (unpaired) electrons. The van der Waals surface area contributed by atoms with Gasteiger partial charge >= 0.3 is 0 Å². The van der Waals surface area contributed by atoms with Crippen molar-refractivity contribution in [2.75, 3.05) is 16.6 Å². The van der Waals surface area contributed by atoms with Crippen LogP contribution >= 0.6 is 11.6 Å². The molecule has 7 heteroatoms. The molecule has 162 valence electrons. The van der Waals surface area contributed by atoms with E-state index in [0.29, 0.717) is 23.1 Å². The van der Waals surface area contributed by atoms with Gasteiger partial charge < -0.3 is 4.74 Å². The third kappa shape index (κ3) is 3.32. The lowest BCUT2D eigenvalue weighted by Gasteiger charge is -2.29. The van der Waals surface area contributed by atoms with Crippen molar-refractivity contribution in [3.63, 3.8) is 0 Å². The number of hydrogen-bond donors (Lipinski definition) is 0. The molecule has 2 aliphatic heterocycles. The molecule has 32 heavy (non-hydrogen) atoms. The summed E-state index contributed by atoms with van der Waals surface area (Å²) in [7, 11) is 0. The summed E-state index contributed by atoms with van der Waals surface area (Å²) in [6.45, 7) is 2.39. The maximum atomic E-state index is 13.6. The van der Waals surface area contributed by atoms with Gasteiger partial charge in [-0.2, -0.15) is 0 Å². The predicted octanol–water partition coefficient (Wildman–Crippen LogP) is 4.79. The highest BCUT2D eigenvalue weighted by Crippen LogP contribution is 2.49. The van der Waals surface area contributed by atoms with Crippen LogP contribution in [0.4, 0.5) is 11.4 Å². The number of hydroxylamine groups is 1. The Morgan fingerprint density at radius 2 is 1.56 bits per heavy atom. The monoisotopic (exact) mass is 448 g/mol. The summed E-state index contributed by atoms with van der Waals surface area (Å²) in [6, 6.07) is 23.2. The third-order valence-electron chi connectivity index (χ3n) is 5.75. The Bertz CT molecular complexity index is 1150. The molecule has 2 saturated heterocycles. The molecule has 5 rings (SSSR count). The maximum absolute atomic E-state index is 13.6. The van der Waals surface area contributed by atoms with E-state index in [9.17, 15) is 9.59 Å². The van der Waals surface area contributed by atoms with Gasteiger partial charge in [0.15, 0.2) is 6.10 Å². The van der Waals surface area contributed by atoms with E-state index in [4.69, 9.17) is 21.2 Å². The lowest BCUT2D eigenvalue weighted by atomic mass is 9.90. The van der Waals surface area contributed by atoms with Gasteiger partial charge in [-0.15, -0.1) is 0 Å². The van der Waals surface area contributed by atoms with Crippen LogP contribution in [0.25, 0.3) is 0 Å². The van der Waals surface area contributed by atoms with Crippen molar-refractivity contribution >= 4 is 34.8 Å². The van der Waals surface area contributed by atoms with Gasteiger partial charge in [-0.05, 0) is 49.4 Å². The van der Waals surface area contributed by atoms with E-state index in [1.165, 1.54) is 4.90 Å². The van der Waals surface area contributed by atoms with Crippen LogP contribution in [0.2, 0.25) is 5.02 Å². The van der Waals surface area contributed by atoms with Gasteiger partial charge in [0.05, 0.1) is 24.0 Å². The zero-order chi connectivity index (χ0) is 22.2. The fourth-order valence-corrected chi connectivity index (χ4v) is 4.51. The quantitative estimate of drug-likeness (QED) is 0.525. The molecule has 2 amide bonds. The molecule has 0 aromatic heterocycles. The molecule has 3 aromatic carbocycles. The molecule has 2 aliphatic rings. The van der Waals surface area contributed by atoms with Gasteiger partial charge in [0, 0.05) is 10.6 Å². The number of carbonyl (C=O) groups excluding carboxylic acids is 2. The van der Waals surface area contributed by atoms with Gasteiger partial charge in [-0.3, -0.25) is 14.4 Å². The molecule has 6 nitrogen and oxygen atoms in total. The normalized spacial score (nSPS) is 22.4. The van der Waals surface area contributed by atoms with Gasteiger partial charge in [0.25, 0.3) is 5.91 Å². The van der Waals surface area contributed by atoms with Crippen LogP contribution in [-0.2, 0) is 14.4 Å². The highest BCUT2D eigenvalue weighted by molar-refractivity contribution is 6.31. The first-order valence-corrected chi connectivity index (χ1v) is 10.8. The van der Waals surface area contributed by atoms with E-state index in [-0.39, 0.29) is 11.8 Å². The van der Waals surface area contributed by atoms with Crippen LogP contribution < -0.4 is 14.7 Å². The third-order valence-corrected chi connectivity index (χ3v) is 6.00. The zero-order valence-electron chi connectivity index (χ0n) is 17.4. The van der Waals surface area contributed by atoms with Crippen LogP contribution in [-0.4, -0.2) is 24.5 Å². The molecule has 2 fully saturated rings. The second kappa shape index (κ2) is 8.30. The molecule has 0 bridgehead atoms. The van der Waals surface area contributed by atoms with E-state index >= 15 is 0 Å². The number of benzene rings is 3. The zero-order valence-corrected chi connectivity index (χ0v) is 18.1. The summed E-state index contributed by atoms with van der Waals surface area (Å²) >= 11 is 5.99. The standard InChI is InChI=1S/C25H21ClN2O4/c1-2-31-20-11-7-6-10-19(20)22-21-23(32-28(22)18-8-4-3-5-9-18)25(30)27(24(21)29)17-14-12-16(26)13-15-17/h3-15,21-23H,2H2,1H3/t21-,22+,23-/m1/s1. The predicted molar refractivity (Wildman–Crippen MR) is 122 cm³/mol. The summed E-state index contributed by atoms with van der Waals surface area (Å²) in [4.78, 5) is 34.3. The number of fused-ring (bicyclic) bond motifs is 1. The van der Waals surface area contributed by atoms with Crippen molar-refractivity contribution in [1.82, 2.24) is 0 Å². The van der Waals surface area contributed by atoms with Crippen molar-refractivity contribution < 1.29 is 19.2 Å². The fourth-order valence-electron chi connectivity index (χ4n) is 4.39. The minimum absolute atomic E-state index is 0.308. The summed E-state index contributed by atoms with van der Waals surface area (Å²) < 4.78 is 5.86. The number of amides is 2. The first-order chi connectivity index (χ1) is 15.6. The minimum atomic E-state index is -0.932. The smallest absolute Gasteiger partial charge is 0.266 e. The summed E-state index contributed by atoms with van der Waals surface area (Å²) in [5.41, 5.74) is 2.03. The fraction of sp³-hybridized carbons (Fsp3) is 0.200. The number of para-hydroxylation sites is 2. The highest BCUT2D eigenvalue weighted by Gasteiger charge is 2.60. The van der Waals surface area contributed by atoms with Crippen molar-refractivity contribution in [2.24, 2.45) is 5.92 Å². The van der Waals surface area contributed by atoms with Crippen LogP contribution in [0.5, 0.6) is 5.75 Å². The van der Waals surface area contributed by atoms with E-state index < -0.39 is 18.1 Å². The number of ether oxygens (including phenoxy) is 1. The molecule has 2 heterocycles. The van der Waals surface area contributed by atoms with Gasteiger partial charge in [0.2, 0.25) is 5.91 Å². The Morgan fingerprint density at radius 1 is 0.875 bits per heavy atom. The number of rotatable bonds is 5. The highest BCUT2D eigenvalue weighted by atomic mass is 35.5. The van der Waals surface area contributed by atoms with Gasteiger partial charge in [-0.1, -0.05) is 48.0 Å². The van der Waals surface area contributed by atoms with Crippen molar-refractivity contribution in [3.8, 4) is 5.75 Å². The Morgan fingerprint density at radius 3 is 2.28 bits per heavy atom. The Balaban J connectivity index is 1.61. The molecule has 3 aromatic rings. The molecule has 0 saturated carbocycles. The Hall–Kier alpha value is -3.35. The SMILES string of the molecule is CCOc1ccccc1[C@H]1[C@H]2C(=O)N(c3ccc(Cl)cc3)C(=O)[C@@H]2ON1c1ccccc1. The first kappa shape index (κ1) is 20.5. The average molecular weight is 449 g/mol. The van der Waals surface area contributed by atoms with Crippen LogP contribution in [0.15, 0.2) is 78.9 Å². The minimum Gasteiger partial charge on any atom is -0.494 e. The number of halogens is 1.